The number of thiazole rings is 1. The van der Waals surface area contributed by atoms with Gasteiger partial charge in [-0.3, -0.25) is 0 Å². The first-order valence-electron chi connectivity index (χ1n) is 8.64. The summed E-state index contributed by atoms with van der Waals surface area (Å²) in [6, 6.07) is 11.1. The smallest absolute Gasteiger partial charge is 0.348 e. The van der Waals surface area contributed by atoms with Gasteiger partial charge in [0.05, 0.1) is 24.6 Å². The molecule has 0 unspecified atom stereocenters. The molecule has 0 amide bonds. The molecule has 2 aromatic heterocycles. The fourth-order valence-corrected chi connectivity index (χ4v) is 4.72. The molecule has 0 bridgehead atoms. The molecule has 0 saturated heterocycles. The predicted octanol–water partition coefficient (Wildman–Crippen LogP) is 3.33. The maximum absolute atomic E-state index is 12.3. The molecule has 0 spiro atoms. The molecule has 3 aromatic rings. The molecule has 1 N–H and O–H groups in total. The van der Waals surface area contributed by atoms with E-state index in [-0.39, 0.29) is 6.61 Å². The first-order valence-corrected chi connectivity index (χ1v) is 12.2. The number of nitrogens with zero attached hydrogens (tertiary/aromatic N) is 1. The second-order valence-corrected chi connectivity index (χ2v) is 9.96. The number of methoxy groups -OCH3 is 1. The highest BCUT2D eigenvalue weighted by Gasteiger charge is 2.14. The molecule has 10 heteroatoms. The summed E-state index contributed by atoms with van der Waals surface area (Å²) in [5.41, 5.74) is 1.56. The molecule has 1 aromatic carbocycles. The third-order valence-electron chi connectivity index (χ3n) is 3.84. The summed E-state index contributed by atoms with van der Waals surface area (Å²) < 4.78 is 35.3. The highest BCUT2D eigenvalue weighted by atomic mass is 32.2. The van der Waals surface area contributed by atoms with E-state index in [1.807, 2.05) is 29.6 Å². The van der Waals surface area contributed by atoms with Crippen molar-refractivity contribution in [1.29, 1.82) is 0 Å². The highest BCUT2D eigenvalue weighted by molar-refractivity contribution is 7.88. The van der Waals surface area contributed by atoms with Crippen molar-refractivity contribution in [3.05, 3.63) is 57.2 Å². The number of sulfonamides is 1. The molecule has 0 aliphatic carbocycles. The fraction of sp³-hybridized carbons (Fsp3) is 0.263. The van der Waals surface area contributed by atoms with Crippen LogP contribution in [0.3, 0.4) is 0 Å². The lowest BCUT2D eigenvalue weighted by atomic mass is 10.2. The Labute approximate surface area is 177 Å². The van der Waals surface area contributed by atoms with Crippen LogP contribution in [0.25, 0.3) is 10.6 Å². The number of thiophene rings is 1. The van der Waals surface area contributed by atoms with Gasteiger partial charge in [0.1, 0.15) is 22.2 Å². The van der Waals surface area contributed by atoms with Crippen LogP contribution in [-0.4, -0.2) is 39.3 Å². The first kappa shape index (κ1) is 21.4. The SMILES string of the molecule is COc1ccccc1-c1nc(COC(=O)c2ccc(CCNS(C)(=O)=O)s2)cs1. The van der Waals surface area contributed by atoms with Crippen molar-refractivity contribution in [3.8, 4) is 16.3 Å². The number of carbonyl (C=O) groups excluding carboxylic acids is 1. The summed E-state index contributed by atoms with van der Waals surface area (Å²) in [5, 5.41) is 2.65. The quantitative estimate of drug-likeness (QED) is 0.501. The van der Waals surface area contributed by atoms with Crippen LogP contribution in [0.1, 0.15) is 20.2 Å². The van der Waals surface area contributed by atoms with Gasteiger partial charge in [0.15, 0.2) is 0 Å². The summed E-state index contributed by atoms with van der Waals surface area (Å²) in [6.07, 6.45) is 1.63. The monoisotopic (exact) mass is 452 g/mol. The maximum atomic E-state index is 12.3. The van der Waals surface area contributed by atoms with Gasteiger partial charge < -0.3 is 9.47 Å². The Morgan fingerprint density at radius 1 is 1.21 bits per heavy atom. The Balaban J connectivity index is 1.56. The number of carbonyl (C=O) groups is 1. The molecule has 0 fully saturated rings. The number of hydrogen-bond donors (Lipinski definition) is 1. The summed E-state index contributed by atoms with van der Waals surface area (Å²) in [4.78, 5) is 18.2. The van der Waals surface area contributed by atoms with Crippen LogP contribution in [0.5, 0.6) is 5.75 Å². The number of aromatic nitrogens is 1. The van der Waals surface area contributed by atoms with Gasteiger partial charge in [-0.05, 0) is 30.7 Å². The van der Waals surface area contributed by atoms with E-state index in [2.05, 4.69) is 9.71 Å². The van der Waals surface area contributed by atoms with Crippen molar-refractivity contribution in [2.45, 2.75) is 13.0 Å². The van der Waals surface area contributed by atoms with Crippen molar-refractivity contribution in [2.75, 3.05) is 19.9 Å². The molecule has 3 rings (SSSR count). The van der Waals surface area contributed by atoms with E-state index in [4.69, 9.17) is 9.47 Å². The predicted molar refractivity (Wildman–Crippen MR) is 114 cm³/mol. The van der Waals surface area contributed by atoms with Crippen LogP contribution in [0.2, 0.25) is 0 Å². The van der Waals surface area contributed by atoms with Gasteiger partial charge in [-0.2, -0.15) is 0 Å². The lowest BCUT2D eigenvalue weighted by Gasteiger charge is -2.04. The van der Waals surface area contributed by atoms with Crippen LogP contribution < -0.4 is 9.46 Å². The molecule has 0 aliphatic heterocycles. The fourth-order valence-electron chi connectivity index (χ4n) is 2.51. The van der Waals surface area contributed by atoms with Gasteiger partial charge in [0.2, 0.25) is 10.0 Å². The summed E-state index contributed by atoms with van der Waals surface area (Å²) in [5.74, 6) is 0.311. The second kappa shape index (κ2) is 9.49. The van der Waals surface area contributed by atoms with Crippen LogP contribution >= 0.6 is 22.7 Å². The van der Waals surface area contributed by atoms with Crippen molar-refractivity contribution >= 4 is 38.7 Å². The van der Waals surface area contributed by atoms with E-state index >= 15 is 0 Å². The molecule has 0 aliphatic rings. The van der Waals surface area contributed by atoms with E-state index in [0.717, 1.165) is 27.5 Å². The lowest BCUT2D eigenvalue weighted by Crippen LogP contribution is -2.23. The largest absolute Gasteiger partial charge is 0.496 e. The number of ether oxygens (including phenoxy) is 2. The van der Waals surface area contributed by atoms with Crippen LogP contribution in [0.4, 0.5) is 0 Å². The normalized spacial score (nSPS) is 11.4. The summed E-state index contributed by atoms with van der Waals surface area (Å²) >= 11 is 2.75. The molecule has 0 saturated carbocycles. The van der Waals surface area contributed by atoms with Gasteiger partial charge in [-0.25, -0.2) is 22.9 Å². The van der Waals surface area contributed by atoms with E-state index in [1.54, 1.807) is 19.2 Å². The van der Waals surface area contributed by atoms with E-state index in [9.17, 15) is 13.2 Å². The van der Waals surface area contributed by atoms with Crippen molar-refractivity contribution in [1.82, 2.24) is 9.71 Å². The zero-order valence-corrected chi connectivity index (χ0v) is 18.3. The third kappa shape index (κ3) is 6.10. The lowest BCUT2D eigenvalue weighted by molar-refractivity contribution is 0.0474. The van der Waals surface area contributed by atoms with E-state index in [0.29, 0.717) is 23.5 Å². The minimum absolute atomic E-state index is 0.0767. The van der Waals surface area contributed by atoms with Crippen molar-refractivity contribution < 1.29 is 22.7 Å². The number of rotatable bonds is 9. The minimum atomic E-state index is -3.22. The topological polar surface area (TPSA) is 94.6 Å². The Kier molecular flexibility index (Phi) is 7.01. The van der Waals surface area contributed by atoms with Gasteiger partial charge in [-0.1, -0.05) is 12.1 Å². The van der Waals surface area contributed by atoms with E-state index < -0.39 is 16.0 Å². The summed E-state index contributed by atoms with van der Waals surface area (Å²) in [6.45, 7) is 0.367. The number of nitrogens with one attached hydrogen (secondary N) is 1. The average molecular weight is 453 g/mol. The Morgan fingerprint density at radius 2 is 2.00 bits per heavy atom. The number of hydrogen-bond acceptors (Lipinski definition) is 8. The van der Waals surface area contributed by atoms with Gasteiger partial charge in [-0.15, -0.1) is 22.7 Å². The Hall–Kier alpha value is -2.27. The minimum Gasteiger partial charge on any atom is -0.496 e. The molecule has 29 heavy (non-hydrogen) atoms. The van der Waals surface area contributed by atoms with Crippen molar-refractivity contribution in [2.24, 2.45) is 0 Å². The van der Waals surface area contributed by atoms with Gasteiger partial charge in [0.25, 0.3) is 0 Å². The van der Waals surface area contributed by atoms with E-state index in [1.165, 1.54) is 22.7 Å². The van der Waals surface area contributed by atoms with Crippen molar-refractivity contribution in [3.63, 3.8) is 0 Å². The third-order valence-corrected chi connectivity index (χ3v) is 6.62. The number of para-hydroxylation sites is 1. The summed E-state index contributed by atoms with van der Waals surface area (Å²) in [7, 11) is -1.60. The molecular weight excluding hydrogens is 432 g/mol. The first-order chi connectivity index (χ1) is 13.9. The number of esters is 1. The Bertz CT molecular complexity index is 1090. The second-order valence-electron chi connectivity index (χ2n) is 6.10. The molecular formula is C19H20N2O5S3. The molecule has 154 valence electrons. The van der Waals surface area contributed by atoms with Gasteiger partial charge >= 0.3 is 5.97 Å². The average Bonchev–Trinajstić information content (AvgIpc) is 3.35. The number of benzene rings is 1. The maximum Gasteiger partial charge on any atom is 0.348 e. The molecule has 2 heterocycles. The molecule has 7 nitrogen and oxygen atoms in total. The Morgan fingerprint density at radius 3 is 2.76 bits per heavy atom. The molecule has 0 atom stereocenters. The highest BCUT2D eigenvalue weighted by Crippen LogP contribution is 2.32. The molecule has 0 radical (unpaired) electrons. The van der Waals surface area contributed by atoms with Crippen LogP contribution in [0, 0.1) is 0 Å². The van der Waals surface area contributed by atoms with Crippen LogP contribution in [0.15, 0.2) is 41.8 Å². The van der Waals surface area contributed by atoms with Gasteiger partial charge in [0, 0.05) is 16.8 Å². The zero-order valence-electron chi connectivity index (χ0n) is 15.9. The zero-order chi connectivity index (χ0) is 20.9. The standard InChI is InChI=1S/C19H20N2O5S3/c1-25-16-6-4-3-5-15(16)18-21-13(12-27-18)11-26-19(22)17-8-7-14(28-17)9-10-20-29(2,23)24/h3-8,12,20H,9-11H2,1-2H3. The van der Waals surface area contributed by atoms with Crippen LogP contribution in [-0.2, 0) is 27.8 Å².